The second-order valence-corrected chi connectivity index (χ2v) is 4.74. The van der Waals surface area contributed by atoms with Crippen molar-refractivity contribution in [2.75, 3.05) is 11.9 Å². The Balaban J connectivity index is 1.99. The van der Waals surface area contributed by atoms with Crippen LogP contribution in [0.1, 0.15) is 19.8 Å². The van der Waals surface area contributed by atoms with Gasteiger partial charge < -0.3 is 10.1 Å². The second kappa shape index (κ2) is 5.55. The van der Waals surface area contributed by atoms with Gasteiger partial charge in [-0.05, 0) is 28.8 Å². The highest BCUT2D eigenvalue weighted by atomic mass is 79.9. The Kier molecular flexibility index (Phi) is 4.06. The van der Waals surface area contributed by atoms with E-state index >= 15 is 0 Å². The summed E-state index contributed by atoms with van der Waals surface area (Å²) < 4.78 is 6.13. The topological polar surface area (TPSA) is 64.1 Å². The van der Waals surface area contributed by atoms with Crippen molar-refractivity contribution in [3.05, 3.63) is 17.0 Å². The molecule has 2 rings (SSSR count). The predicted molar refractivity (Wildman–Crippen MR) is 66.5 cm³/mol. The van der Waals surface area contributed by atoms with Crippen LogP contribution >= 0.6 is 15.9 Å². The summed E-state index contributed by atoms with van der Waals surface area (Å²) >= 11 is 3.19. The van der Waals surface area contributed by atoms with E-state index in [-0.39, 0.29) is 17.9 Å². The molecule has 1 N–H and O–H groups in total. The molecule has 1 aromatic heterocycles. The van der Waals surface area contributed by atoms with E-state index in [0.29, 0.717) is 17.0 Å². The van der Waals surface area contributed by atoms with Gasteiger partial charge in [-0.2, -0.15) is 0 Å². The summed E-state index contributed by atoms with van der Waals surface area (Å²) in [6.45, 7) is 2.68. The van der Waals surface area contributed by atoms with Gasteiger partial charge in [-0.1, -0.05) is 6.92 Å². The van der Waals surface area contributed by atoms with Crippen LogP contribution < -0.4 is 5.32 Å². The van der Waals surface area contributed by atoms with Crippen LogP contribution in [0.15, 0.2) is 17.0 Å². The van der Waals surface area contributed by atoms with Crippen molar-refractivity contribution in [1.29, 1.82) is 0 Å². The fourth-order valence-electron chi connectivity index (χ4n) is 1.95. The van der Waals surface area contributed by atoms with Crippen molar-refractivity contribution >= 4 is 27.7 Å². The molecular weight excluding hydrogens is 286 g/mol. The number of nitrogens with zero attached hydrogens (tertiary/aromatic N) is 2. The maximum Gasteiger partial charge on any atom is 0.231 e. The molecule has 92 valence electrons. The smallest absolute Gasteiger partial charge is 0.231 e. The third-order valence-corrected chi connectivity index (χ3v) is 3.23. The Morgan fingerprint density at radius 2 is 2.41 bits per heavy atom. The maximum atomic E-state index is 12.0. The van der Waals surface area contributed by atoms with Gasteiger partial charge in [-0.15, -0.1) is 0 Å². The van der Waals surface area contributed by atoms with Crippen LogP contribution in [0, 0.1) is 5.92 Å². The lowest BCUT2D eigenvalue weighted by Crippen LogP contribution is -2.29. The monoisotopic (exact) mass is 299 g/mol. The lowest BCUT2D eigenvalue weighted by Gasteiger charge is -2.15. The molecule has 1 amide bonds. The first kappa shape index (κ1) is 12.4. The van der Waals surface area contributed by atoms with Crippen LogP contribution in [0.3, 0.4) is 0 Å². The predicted octanol–water partition coefficient (Wildman–Crippen LogP) is 1.99. The minimum Gasteiger partial charge on any atom is -0.377 e. The summed E-state index contributed by atoms with van der Waals surface area (Å²) in [6.07, 6.45) is 4.73. The van der Waals surface area contributed by atoms with Gasteiger partial charge >= 0.3 is 0 Å². The molecular formula is C11H14BrN3O2. The molecule has 0 aromatic carbocycles. The number of rotatable bonds is 3. The molecule has 0 aliphatic carbocycles. The Bertz CT molecular complexity index is 396. The van der Waals surface area contributed by atoms with Crippen molar-refractivity contribution in [3.8, 4) is 0 Å². The van der Waals surface area contributed by atoms with Gasteiger partial charge in [-0.25, -0.2) is 9.97 Å². The molecule has 1 aromatic rings. The van der Waals surface area contributed by atoms with Crippen molar-refractivity contribution in [2.45, 2.75) is 25.9 Å². The van der Waals surface area contributed by atoms with Crippen LogP contribution in [-0.2, 0) is 9.53 Å². The molecule has 1 aliphatic rings. The van der Waals surface area contributed by atoms with Crippen LogP contribution in [0.25, 0.3) is 0 Å². The molecule has 0 bridgehead atoms. The lowest BCUT2D eigenvalue weighted by molar-refractivity contribution is -0.121. The second-order valence-electron chi connectivity index (χ2n) is 3.93. The highest BCUT2D eigenvalue weighted by Gasteiger charge is 2.32. The minimum absolute atomic E-state index is 0.0263. The summed E-state index contributed by atoms with van der Waals surface area (Å²) in [7, 11) is 0. The van der Waals surface area contributed by atoms with Crippen molar-refractivity contribution in [1.82, 2.24) is 9.97 Å². The average Bonchev–Trinajstić information content (AvgIpc) is 2.80. The number of amides is 1. The van der Waals surface area contributed by atoms with E-state index in [0.717, 1.165) is 12.8 Å². The lowest BCUT2D eigenvalue weighted by atomic mass is 9.99. The number of carbonyl (C=O) groups is 1. The number of ether oxygens (including phenoxy) is 1. The highest BCUT2D eigenvalue weighted by molar-refractivity contribution is 9.10. The largest absolute Gasteiger partial charge is 0.377 e. The van der Waals surface area contributed by atoms with Gasteiger partial charge in [0.1, 0.15) is 4.60 Å². The molecule has 0 saturated carbocycles. The zero-order chi connectivity index (χ0) is 12.3. The zero-order valence-electron chi connectivity index (χ0n) is 9.52. The number of anilines is 1. The van der Waals surface area contributed by atoms with Gasteiger partial charge in [0.25, 0.3) is 0 Å². The average molecular weight is 300 g/mol. The maximum absolute atomic E-state index is 12.0. The fraction of sp³-hybridized carbons (Fsp3) is 0.545. The molecule has 6 heteroatoms. The van der Waals surface area contributed by atoms with E-state index in [2.05, 4.69) is 31.2 Å². The minimum atomic E-state index is -0.0783. The first-order valence-corrected chi connectivity index (χ1v) is 6.40. The van der Waals surface area contributed by atoms with Crippen molar-refractivity contribution in [2.24, 2.45) is 5.92 Å². The molecule has 2 unspecified atom stereocenters. The van der Waals surface area contributed by atoms with E-state index in [1.54, 1.807) is 6.20 Å². The first-order chi connectivity index (χ1) is 8.20. The molecule has 1 fully saturated rings. The third-order valence-electron chi connectivity index (χ3n) is 2.82. The Morgan fingerprint density at radius 1 is 1.59 bits per heavy atom. The first-order valence-electron chi connectivity index (χ1n) is 5.60. The van der Waals surface area contributed by atoms with E-state index in [9.17, 15) is 4.79 Å². The molecule has 1 aliphatic heterocycles. The van der Waals surface area contributed by atoms with E-state index in [1.165, 1.54) is 6.20 Å². The van der Waals surface area contributed by atoms with Gasteiger partial charge in [0, 0.05) is 6.61 Å². The zero-order valence-corrected chi connectivity index (χ0v) is 11.1. The number of carbonyl (C=O) groups excluding carboxylic acids is 1. The summed E-state index contributed by atoms with van der Waals surface area (Å²) in [5.74, 6) is 0.358. The van der Waals surface area contributed by atoms with Crippen LogP contribution in [-0.4, -0.2) is 28.6 Å². The SMILES string of the molecule is CCC1OCCC1C(=O)Nc1cnc(Br)cn1. The Labute approximate surface area is 108 Å². The number of hydrogen-bond acceptors (Lipinski definition) is 4. The van der Waals surface area contributed by atoms with Crippen molar-refractivity contribution in [3.63, 3.8) is 0 Å². The van der Waals surface area contributed by atoms with Crippen LogP contribution in [0.2, 0.25) is 0 Å². The molecule has 5 nitrogen and oxygen atoms in total. The normalized spacial score (nSPS) is 23.6. The fourth-order valence-corrected chi connectivity index (χ4v) is 2.15. The third kappa shape index (κ3) is 3.01. The Morgan fingerprint density at radius 3 is 3.06 bits per heavy atom. The van der Waals surface area contributed by atoms with Gasteiger partial charge in [-0.3, -0.25) is 4.79 Å². The standard InChI is InChI=1S/C11H14BrN3O2/c1-2-8-7(3-4-17-8)11(16)15-10-6-13-9(12)5-14-10/h5-8H,2-4H2,1H3,(H,14,15,16). The molecule has 2 atom stereocenters. The van der Waals surface area contributed by atoms with Crippen LogP contribution in [0.5, 0.6) is 0 Å². The van der Waals surface area contributed by atoms with E-state index in [1.807, 2.05) is 6.92 Å². The number of halogens is 1. The quantitative estimate of drug-likeness (QED) is 0.927. The van der Waals surface area contributed by atoms with Gasteiger partial charge in [0.15, 0.2) is 5.82 Å². The summed E-state index contributed by atoms with van der Waals surface area (Å²) in [5, 5.41) is 2.76. The van der Waals surface area contributed by atoms with E-state index < -0.39 is 0 Å². The van der Waals surface area contributed by atoms with Gasteiger partial charge in [0.05, 0.1) is 24.4 Å². The molecule has 0 radical (unpaired) electrons. The molecule has 0 spiro atoms. The van der Waals surface area contributed by atoms with Crippen molar-refractivity contribution < 1.29 is 9.53 Å². The summed E-state index contributed by atoms with van der Waals surface area (Å²) in [4.78, 5) is 20.1. The van der Waals surface area contributed by atoms with Gasteiger partial charge in [0.2, 0.25) is 5.91 Å². The number of hydrogen-bond donors (Lipinski definition) is 1. The van der Waals surface area contributed by atoms with Crippen LogP contribution in [0.4, 0.5) is 5.82 Å². The molecule has 2 heterocycles. The summed E-state index contributed by atoms with van der Waals surface area (Å²) in [5.41, 5.74) is 0. The highest BCUT2D eigenvalue weighted by Crippen LogP contribution is 2.24. The Hall–Kier alpha value is -1.01. The molecule has 1 saturated heterocycles. The number of aromatic nitrogens is 2. The number of nitrogens with one attached hydrogen (secondary N) is 1. The molecule has 17 heavy (non-hydrogen) atoms. The van der Waals surface area contributed by atoms with E-state index in [4.69, 9.17) is 4.74 Å². The summed E-state index contributed by atoms with van der Waals surface area (Å²) in [6, 6.07) is 0.